The van der Waals surface area contributed by atoms with E-state index >= 15 is 0 Å². The van der Waals surface area contributed by atoms with Crippen molar-refractivity contribution in [3.8, 4) is 22.1 Å². The molecule has 1 heterocycles. The van der Waals surface area contributed by atoms with Crippen molar-refractivity contribution in [2.75, 3.05) is 6.61 Å². The van der Waals surface area contributed by atoms with Gasteiger partial charge in [-0.25, -0.2) is 4.98 Å². The Morgan fingerprint density at radius 3 is 2.56 bits per heavy atom. The Morgan fingerprint density at radius 1 is 1.06 bits per heavy atom. The monoisotopic (exact) mass is 453 g/mol. The average Bonchev–Trinajstić information content (AvgIpc) is 3.22. The van der Waals surface area contributed by atoms with E-state index in [1.165, 1.54) is 11.1 Å². The van der Waals surface area contributed by atoms with Gasteiger partial charge in [-0.05, 0) is 62.1 Å². The normalized spacial score (nSPS) is 13.3. The summed E-state index contributed by atoms with van der Waals surface area (Å²) in [5, 5.41) is 23.1. The average molecular weight is 454 g/mol. The van der Waals surface area contributed by atoms with Crippen LogP contribution in [0.25, 0.3) is 10.6 Å². The predicted molar refractivity (Wildman–Crippen MR) is 133 cm³/mol. The van der Waals surface area contributed by atoms with Crippen molar-refractivity contribution in [1.82, 2.24) is 4.98 Å². The first kappa shape index (κ1) is 24.3. The molecule has 0 saturated heterocycles. The summed E-state index contributed by atoms with van der Waals surface area (Å²) in [4.78, 5) is 4.85. The van der Waals surface area contributed by atoms with Crippen molar-refractivity contribution < 1.29 is 14.9 Å². The molecule has 0 aliphatic heterocycles. The van der Waals surface area contributed by atoms with Crippen LogP contribution in [-0.4, -0.2) is 27.9 Å². The van der Waals surface area contributed by atoms with Gasteiger partial charge in [0, 0.05) is 23.4 Å². The summed E-state index contributed by atoms with van der Waals surface area (Å²) < 4.78 is 5.78. The summed E-state index contributed by atoms with van der Waals surface area (Å²) >= 11 is 1.66. The van der Waals surface area contributed by atoms with Gasteiger partial charge < -0.3 is 14.9 Å². The largest absolute Gasteiger partial charge is 0.508 e. The van der Waals surface area contributed by atoms with Crippen molar-refractivity contribution in [2.24, 2.45) is 11.8 Å². The van der Waals surface area contributed by atoms with E-state index in [-0.39, 0.29) is 11.9 Å². The van der Waals surface area contributed by atoms with Crippen LogP contribution in [0.1, 0.15) is 50.4 Å². The number of hydrogen-bond donors (Lipinski definition) is 2. The second-order valence-electron chi connectivity index (χ2n) is 9.02. The molecule has 0 bridgehead atoms. The minimum absolute atomic E-state index is 0.251. The fourth-order valence-electron chi connectivity index (χ4n) is 3.95. The molecule has 0 aliphatic carbocycles. The van der Waals surface area contributed by atoms with Gasteiger partial charge in [-0.2, -0.15) is 0 Å². The van der Waals surface area contributed by atoms with E-state index in [4.69, 9.17) is 9.72 Å². The molecule has 172 valence electrons. The third-order valence-electron chi connectivity index (χ3n) is 5.85. The Kier molecular flexibility index (Phi) is 8.71. The highest BCUT2D eigenvalue weighted by atomic mass is 32.1. The quantitative estimate of drug-likeness (QED) is 0.352. The molecule has 0 aliphatic rings. The van der Waals surface area contributed by atoms with Crippen LogP contribution in [0.5, 0.6) is 11.5 Å². The highest BCUT2D eigenvalue weighted by molar-refractivity contribution is 7.13. The van der Waals surface area contributed by atoms with Gasteiger partial charge in [0.15, 0.2) is 0 Å². The SMILES string of the molecule is Cc1ccc(OCCc2csc(-c3ccccc3CCC(CC(C)C)C(C)O)n2)cc1O. The highest BCUT2D eigenvalue weighted by Gasteiger charge is 2.18. The number of phenols is 1. The Hall–Kier alpha value is -2.37. The molecule has 2 N–H and O–H groups in total. The molecule has 0 saturated carbocycles. The van der Waals surface area contributed by atoms with Gasteiger partial charge in [-0.15, -0.1) is 11.3 Å². The Bertz CT molecular complexity index is 996. The number of hydrogen-bond acceptors (Lipinski definition) is 5. The van der Waals surface area contributed by atoms with Gasteiger partial charge in [0.25, 0.3) is 0 Å². The fraction of sp³-hybridized carbons (Fsp3) is 0.444. The molecule has 0 amide bonds. The molecule has 32 heavy (non-hydrogen) atoms. The van der Waals surface area contributed by atoms with Crippen molar-refractivity contribution >= 4 is 11.3 Å². The van der Waals surface area contributed by atoms with Crippen LogP contribution in [0.4, 0.5) is 0 Å². The number of aromatic nitrogens is 1. The van der Waals surface area contributed by atoms with Crippen LogP contribution >= 0.6 is 11.3 Å². The molecule has 4 nitrogen and oxygen atoms in total. The molecule has 0 fully saturated rings. The third kappa shape index (κ3) is 6.81. The zero-order chi connectivity index (χ0) is 23.1. The van der Waals surface area contributed by atoms with Crippen molar-refractivity contribution in [1.29, 1.82) is 0 Å². The second-order valence-corrected chi connectivity index (χ2v) is 9.87. The van der Waals surface area contributed by atoms with E-state index in [0.717, 1.165) is 35.5 Å². The van der Waals surface area contributed by atoms with Crippen molar-refractivity contribution in [3.05, 3.63) is 64.7 Å². The molecule has 3 rings (SSSR count). The number of ether oxygens (including phenoxy) is 1. The third-order valence-corrected chi connectivity index (χ3v) is 6.77. The number of nitrogens with zero attached hydrogens (tertiary/aromatic N) is 1. The Balaban J connectivity index is 1.62. The van der Waals surface area contributed by atoms with Crippen molar-refractivity contribution in [2.45, 2.75) is 59.5 Å². The summed E-state index contributed by atoms with van der Waals surface area (Å²) in [5.74, 6) is 1.81. The van der Waals surface area contributed by atoms with E-state index in [0.29, 0.717) is 30.6 Å². The Labute approximate surface area is 195 Å². The predicted octanol–water partition coefficient (Wildman–Crippen LogP) is 6.42. The van der Waals surface area contributed by atoms with E-state index in [2.05, 4.69) is 43.5 Å². The molecule has 0 spiro atoms. The number of aromatic hydroxyl groups is 1. The minimum Gasteiger partial charge on any atom is -0.508 e. The van der Waals surface area contributed by atoms with Gasteiger partial charge in [-0.1, -0.05) is 44.2 Å². The number of thiazole rings is 1. The number of phenolic OH excluding ortho intramolecular Hbond substituents is 1. The molecular formula is C27H35NO3S. The summed E-state index contributed by atoms with van der Waals surface area (Å²) in [6.07, 6.45) is 3.38. The molecule has 5 heteroatoms. The van der Waals surface area contributed by atoms with Gasteiger partial charge in [0.05, 0.1) is 18.4 Å². The van der Waals surface area contributed by atoms with E-state index in [1.54, 1.807) is 17.4 Å². The lowest BCUT2D eigenvalue weighted by Crippen LogP contribution is -2.19. The second kappa shape index (κ2) is 11.5. The van der Waals surface area contributed by atoms with Crippen LogP contribution in [0.3, 0.4) is 0 Å². The molecular weight excluding hydrogens is 418 g/mol. The summed E-state index contributed by atoms with van der Waals surface area (Å²) in [6.45, 7) is 8.71. The topological polar surface area (TPSA) is 62.6 Å². The van der Waals surface area contributed by atoms with Crippen LogP contribution in [-0.2, 0) is 12.8 Å². The van der Waals surface area contributed by atoms with E-state index in [9.17, 15) is 10.2 Å². The first-order valence-electron chi connectivity index (χ1n) is 11.5. The number of aliphatic hydroxyl groups excluding tert-OH is 1. The van der Waals surface area contributed by atoms with Crippen LogP contribution < -0.4 is 4.74 Å². The van der Waals surface area contributed by atoms with Crippen LogP contribution in [0, 0.1) is 18.8 Å². The summed E-state index contributed by atoms with van der Waals surface area (Å²) in [6, 6.07) is 13.8. The van der Waals surface area contributed by atoms with Gasteiger partial charge >= 0.3 is 0 Å². The maximum absolute atomic E-state index is 10.2. The lowest BCUT2D eigenvalue weighted by Gasteiger charge is -2.22. The highest BCUT2D eigenvalue weighted by Crippen LogP contribution is 2.30. The number of aryl methyl sites for hydroxylation is 2. The summed E-state index contributed by atoms with van der Waals surface area (Å²) in [5.41, 5.74) is 4.32. The molecule has 2 atom stereocenters. The maximum atomic E-state index is 10.2. The van der Waals surface area contributed by atoms with Gasteiger partial charge in [0.2, 0.25) is 0 Å². The fourth-order valence-corrected chi connectivity index (χ4v) is 4.86. The van der Waals surface area contributed by atoms with E-state index in [1.807, 2.05) is 26.0 Å². The lowest BCUT2D eigenvalue weighted by atomic mass is 9.87. The van der Waals surface area contributed by atoms with Gasteiger partial charge in [0.1, 0.15) is 16.5 Å². The van der Waals surface area contributed by atoms with Gasteiger partial charge in [-0.3, -0.25) is 0 Å². The first-order valence-corrected chi connectivity index (χ1v) is 12.3. The molecule has 1 aromatic heterocycles. The zero-order valence-electron chi connectivity index (χ0n) is 19.5. The van der Waals surface area contributed by atoms with Crippen molar-refractivity contribution in [3.63, 3.8) is 0 Å². The smallest absolute Gasteiger partial charge is 0.123 e. The molecule has 2 unspecified atom stereocenters. The number of aliphatic hydroxyl groups is 1. The zero-order valence-corrected chi connectivity index (χ0v) is 20.4. The molecule has 2 aromatic carbocycles. The minimum atomic E-state index is -0.286. The first-order chi connectivity index (χ1) is 15.3. The standard InChI is InChI=1S/C27H35NO3S/c1-18(2)15-22(20(4)29)11-10-21-7-5-6-8-25(21)27-28-23(17-32-27)13-14-31-24-12-9-19(3)26(30)16-24/h5-9,12,16-18,20,22,29-30H,10-11,13-15H2,1-4H3. The Morgan fingerprint density at radius 2 is 1.84 bits per heavy atom. The summed E-state index contributed by atoms with van der Waals surface area (Å²) in [7, 11) is 0. The molecule has 0 radical (unpaired) electrons. The van der Waals surface area contributed by atoms with Crippen LogP contribution in [0.15, 0.2) is 47.8 Å². The number of benzene rings is 2. The maximum Gasteiger partial charge on any atom is 0.123 e. The lowest BCUT2D eigenvalue weighted by molar-refractivity contribution is 0.106. The number of rotatable bonds is 11. The molecule has 3 aromatic rings. The van der Waals surface area contributed by atoms with Crippen LogP contribution in [0.2, 0.25) is 0 Å². The van der Waals surface area contributed by atoms with E-state index < -0.39 is 0 Å².